The van der Waals surface area contributed by atoms with E-state index < -0.39 is 0 Å². The van der Waals surface area contributed by atoms with Crippen LogP contribution >= 0.6 is 0 Å². The maximum atomic E-state index is 10.6. The van der Waals surface area contributed by atoms with Crippen LogP contribution in [-0.4, -0.2) is 22.4 Å². The summed E-state index contributed by atoms with van der Waals surface area (Å²) in [7, 11) is 1.64. The largest absolute Gasteiger partial charge is 0.507 e. The molecule has 0 saturated carbocycles. The fourth-order valence-corrected chi connectivity index (χ4v) is 3.23. The summed E-state index contributed by atoms with van der Waals surface area (Å²) in [5.41, 5.74) is 5.40. The molecule has 3 aromatic carbocycles. The van der Waals surface area contributed by atoms with Gasteiger partial charge in [-0.25, -0.2) is 0 Å². The zero-order valence-corrected chi connectivity index (χ0v) is 16.3. The molecule has 0 unspecified atom stereocenters. The molecular formula is C24H22N2O3. The summed E-state index contributed by atoms with van der Waals surface area (Å²) in [6.45, 7) is 2.49. The van der Waals surface area contributed by atoms with E-state index in [4.69, 9.17) is 9.47 Å². The van der Waals surface area contributed by atoms with Gasteiger partial charge in [0.15, 0.2) is 0 Å². The van der Waals surface area contributed by atoms with Gasteiger partial charge in [0.1, 0.15) is 23.9 Å². The molecule has 4 aromatic rings. The number of nitrogens with zero attached hydrogens (tertiary/aromatic N) is 1. The predicted molar refractivity (Wildman–Crippen MR) is 113 cm³/mol. The summed E-state index contributed by atoms with van der Waals surface area (Å²) in [6.07, 6.45) is 1.73. The highest BCUT2D eigenvalue weighted by molar-refractivity contribution is 5.85. The lowest BCUT2D eigenvalue weighted by atomic mass is 10.0. The van der Waals surface area contributed by atoms with E-state index in [1.165, 1.54) is 5.56 Å². The summed E-state index contributed by atoms with van der Waals surface area (Å²) < 4.78 is 11.3. The second kappa shape index (κ2) is 8.10. The lowest BCUT2D eigenvalue weighted by molar-refractivity contribution is 0.304. The van der Waals surface area contributed by atoms with E-state index in [9.17, 15) is 5.11 Å². The normalized spacial score (nSPS) is 10.7. The molecule has 5 nitrogen and oxygen atoms in total. The third-order valence-electron chi connectivity index (χ3n) is 4.80. The molecule has 0 fully saturated rings. The number of phenols is 1. The highest BCUT2D eigenvalue weighted by atomic mass is 16.5. The number of hydrogen-bond acceptors (Lipinski definition) is 4. The minimum Gasteiger partial charge on any atom is -0.507 e. The predicted octanol–water partition coefficient (Wildman–Crippen LogP) is 5.35. The lowest BCUT2D eigenvalue weighted by Gasteiger charge is -2.11. The molecule has 5 heteroatoms. The number of aryl methyl sites for hydroxylation is 1. The van der Waals surface area contributed by atoms with E-state index in [1.54, 1.807) is 19.4 Å². The number of aromatic hydroxyl groups is 1. The lowest BCUT2D eigenvalue weighted by Crippen LogP contribution is -1.95. The van der Waals surface area contributed by atoms with Crippen molar-refractivity contribution in [3.05, 3.63) is 84.1 Å². The third kappa shape index (κ3) is 3.94. The molecule has 0 spiro atoms. The van der Waals surface area contributed by atoms with Crippen molar-refractivity contribution in [1.29, 1.82) is 0 Å². The first kappa shape index (κ1) is 18.6. The Kier molecular flexibility index (Phi) is 5.20. The number of phenolic OH excluding ortho intramolecular Hbond substituents is 1. The molecule has 0 amide bonds. The number of rotatable bonds is 6. The molecule has 146 valence electrons. The summed E-state index contributed by atoms with van der Waals surface area (Å²) >= 11 is 0. The van der Waals surface area contributed by atoms with Crippen molar-refractivity contribution >= 4 is 0 Å². The van der Waals surface area contributed by atoms with Crippen LogP contribution in [0.15, 0.2) is 72.9 Å². The summed E-state index contributed by atoms with van der Waals surface area (Å²) in [4.78, 5) is 0. The number of para-hydroxylation sites is 1. The van der Waals surface area contributed by atoms with Gasteiger partial charge in [-0.15, -0.1) is 0 Å². The number of methoxy groups -OCH3 is 1. The second-order valence-corrected chi connectivity index (χ2v) is 6.81. The minimum atomic E-state index is 0.117. The van der Waals surface area contributed by atoms with Crippen LogP contribution in [0.3, 0.4) is 0 Å². The summed E-state index contributed by atoms with van der Waals surface area (Å²) in [5, 5.41) is 17.8. The number of aromatic amines is 1. The SMILES string of the molecule is COc1ccccc1-c1cn[nH]c1-c1ccc(OCc2ccc(C)cc2)cc1O. The summed E-state index contributed by atoms with van der Waals surface area (Å²) in [5.74, 6) is 1.46. The average Bonchev–Trinajstić information content (AvgIpc) is 3.22. The van der Waals surface area contributed by atoms with E-state index in [0.717, 1.165) is 28.1 Å². The molecule has 0 aliphatic carbocycles. The maximum absolute atomic E-state index is 10.6. The van der Waals surface area contributed by atoms with Crippen molar-refractivity contribution in [1.82, 2.24) is 10.2 Å². The molecule has 0 aliphatic rings. The van der Waals surface area contributed by atoms with Crippen molar-refractivity contribution in [2.75, 3.05) is 7.11 Å². The highest BCUT2D eigenvalue weighted by Gasteiger charge is 2.16. The van der Waals surface area contributed by atoms with Crippen LogP contribution < -0.4 is 9.47 Å². The number of hydrogen-bond donors (Lipinski definition) is 2. The second-order valence-electron chi connectivity index (χ2n) is 6.81. The molecule has 1 heterocycles. The number of nitrogens with one attached hydrogen (secondary N) is 1. The van der Waals surface area contributed by atoms with Gasteiger partial charge in [-0.05, 0) is 30.7 Å². The Morgan fingerprint density at radius 1 is 0.931 bits per heavy atom. The van der Waals surface area contributed by atoms with Crippen LogP contribution in [0.1, 0.15) is 11.1 Å². The number of H-pyrrole nitrogens is 1. The fraction of sp³-hybridized carbons (Fsp3) is 0.125. The molecule has 4 rings (SSSR count). The van der Waals surface area contributed by atoms with Crippen molar-refractivity contribution < 1.29 is 14.6 Å². The monoisotopic (exact) mass is 386 g/mol. The molecule has 2 N–H and O–H groups in total. The molecule has 1 aromatic heterocycles. The average molecular weight is 386 g/mol. The molecular weight excluding hydrogens is 364 g/mol. The van der Waals surface area contributed by atoms with Gasteiger partial charge in [-0.3, -0.25) is 5.10 Å². The Morgan fingerprint density at radius 3 is 2.48 bits per heavy atom. The van der Waals surface area contributed by atoms with Crippen molar-refractivity contribution in [3.8, 4) is 39.6 Å². The Balaban J connectivity index is 1.59. The maximum Gasteiger partial charge on any atom is 0.128 e. The molecule has 0 aliphatic heterocycles. The number of ether oxygens (including phenoxy) is 2. The standard InChI is InChI=1S/C24H22N2O3/c1-16-7-9-17(10-8-16)15-29-18-11-12-20(22(27)13-18)24-21(14-25-26-24)19-5-3-4-6-23(19)28-2/h3-14,27H,15H2,1-2H3,(H,25,26). The molecule has 0 atom stereocenters. The molecule has 0 bridgehead atoms. The summed E-state index contributed by atoms with van der Waals surface area (Å²) in [6, 6.07) is 21.2. The van der Waals surface area contributed by atoms with Gasteiger partial charge < -0.3 is 14.6 Å². The van der Waals surface area contributed by atoms with Crippen molar-refractivity contribution in [2.24, 2.45) is 0 Å². The first-order chi connectivity index (χ1) is 14.2. The zero-order chi connectivity index (χ0) is 20.2. The smallest absolute Gasteiger partial charge is 0.128 e. The Labute approximate surface area is 169 Å². The van der Waals surface area contributed by atoms with Crippen molar-refractivity contribution in [2.45, 2.75) is 13.5 Å². The Hall–Kier alpha value is -3.73. The van der Waals surface area contributed by atoms with Gasteiger partial charge in [-0.2, -0.15) is 5.10 Å². The van der Waals surface area contributed by atoms with Gasteiger partial charge in [-0.1, -0.05) is 48.0 Å². The topological polar surface area (TPSA) is 67.4 Å². The Bertz CT molecular complexity index is 1120. The van der Waals surface area contributed by atoms with Crippen molar-refractivity contribution in [3.63, 3.8) is 0 Å². The van der Waals surface area contributed by atoms with Crippen LogP contribution in [0.25, 0.3) is 22.4 Å². The van der Waals surface area contributed by atoms with Crippen LogP contribution in [0.4, 0.5) is 0 Å². The van der Waals surface area contributed by atoms with Gasteiger partial charge in [0.05, 0.1) is 19.0 Å². The van der Waals surface area contributed by atoms with Gasteiger partial charge in [0, 0.05) is 22.8 Å². The van der Waals surface area contributed by atoms with E-state index in [0.29, 0.717) is 17.9 Å². The Morgan fingerprint density at radius 2 is 1.72 bits per heavy atom. The molecule has 0 radical (unpaired) electrons. The van der Waals surface area contributed by atoms with Gasteiger partial charge in [0.25, 0.3) is 0 Å². The first-order valence-corrected chi connectivity index (χ1v) is 9.34. The van der Waals surface area contributed by atoms with Gasteiger partial charge >= 0.3 is 0 Å². The molecule has 0 saturated heterocycles. The van der Waals surface area contributed by atoms with Crippen LogP contribution in [0.5, 0.6) is 17.2 Å². The third-order valence-corrected chi connectivity index (χ3v) is 4.80. The fourth-order valence-electron chi connectivity index (χ4n) is 3.23. The van der Waals surface area contributed by atoms with Crippen LogP contribution in [0, 0.1) is 6.92 Å². The number of benzene rings is 3. The first-order valence-electron chi connectivity index (χ1n) is 9.34. The highest BCUT2D eigenvalue weighted by Crippen LogP contribution is 2.39. The number of aromatic nitrogens is 2. The van der Waals surface area contributed by atoms with Gasteiger partial charge in [0.2, 0.25) is 0 Å². The minimum absolute atomic E-state index is 0.117. The van der Waals surface area contributed by atoms with Crippen LogP contribution in [0.2, 0.25) is 0 Å². The zero-order valence-electron chi connectivity index (χ0n) is 16.3. The van der Waals surface area contributed by atoms with E-state index in [-0.39, 0.29) is 5.75 Å². The van der Waals surface area contributed by atoms with E-state index >= 15 is 0 Å². The van der Waals surface area contributed by atoms with E-state index in [1.807, 2.05) is 48.5 Å². The quantitative estimate of drug-likeness (QED) is 0.469. The van der Waals surface area contributed by atoms with E-state index in [2.05, 4.69) is 29.3 Å². The molecule has 29 heavy (non-hydrogen) atoms. The van der Waals surface area contributed by atoms with Crippen LogP contribution in [-0.2, 0) is 6.61 Å².